The van der Waals surface area contributed by atoms with E-state index in [0.29, 0.717) is 18.1 Å². The van der Waals surface area contributed by atoms with Crippen LogP contribution in [0.15, 0.2) is 48.5 Å². The summed E-state index contributed by atoms with van der Waals surface area (Å²) in [4.78, 5) is 1.96. The van der Waals surface area contributed by atoms with E-state index in [-0.39, 0.29) is 5.75 Å². The van der Waals surface area contributed by atoms with Crippen molar-refractivity contribution >= 4 is 11.6 Å². The number of hydrogen-bond donors (Lipinski definition) is 2. The Hall–Kier alpha value is -1.55. The summed E-state index contributed by atoms with van der Waals surface area (Å²) in [5, 5.41) is 20.6. The van der Waals surface area contributed by atoms with Crippen molar-refractivity contribution in [2.75, 3.05) is 13.6 Å². The lowest BCUT2D eigenvalue weighted by molar-refractivity contribution is 0.123. The van der Waals surface area contributed by atoms with E-state index in [0.717, 1.165) is 11.1 Å². The fourth-order valence-corrected chi connectivity index (χ4v) is 2.31. The highest BCUT2D eigenvalue weighted by Crippen LogP contribution is 2.21. The zero-order valence-corrected chi connectivity index (χ0v) is 12.1. The normalized spacial score (nSPS) is 12.6. The Labute approximate surface area is 124 Å². The first-order valence-corrected chi connectivity index (χ1v) is 6.83. The van der Waals surface area contributed by atoms with Crippen molar-refractivity contribution in [1.82, 2.24) is 4.90 Å². The molecule has 2 aromatic rings. The van der Waals surface area contributed by atoms with E-state index < -0.39 is 6.10 Å². The molecule has 0 aliphatic rings. The summed E-state index contributed by atoms with van der Waals surface area (Å²) in [6.45, 7) is 1.04. The van der Waals surface area contributed by atoms with Gasteiger partial charge in [-0.1, -0.05) is 41.9 Å². The van der Waals surface area contributed by atoms with Gasteiger partial charge in [-0.3, -0.25) is 4.90 Å². The number of hydrogen-bond acceptors (Lipinski definition) is 3. The van der Waals surface area contributed by atoms with Gasteiger partial charge in [-0.15, -0.1) is 0 Å². The summed E-state index contributed by atoms with van der Waals surface area (Å²) in [6, 6.07) is 14.4. The zero-order chi connectivity index (χ0) is 14.5. The maximum absolute atomic E-state index is 10.2. The summed E-state index contributed by atoms with van der Waals surface area (Å²) in [5.41, 5.74) is 1.63. The summed E-state index contributed by atoms with van der Waals surface area (Å²) in [7, 11) is 1.90. The lowest BCUT2D eigenvalue weighted by Gasteiger charge is -2.21. The Bertz CT molecular complexity index is 574. The van der Waals surface area contributed by atoms with E-state index in [9.17, 15) is 10.2 Å². The van der Waals surface area contributed by atoms with Crippen LogP contribution in [0.25, 0.3) is 0 Å². The van der Waals surface area contributed by atoms with Gasteiger partial charge in [0.1, 0.15) is 5.75 Å². The third-order valence-corrected chi connectivity index (χ3v) is 3.39. The highest BCUT2D eigenvalue weighted by atomic mass is 35.5. The Morgan fingerprint density at radius 1 is 1.15 bits per heavy atom. The van der Waals surface area contributed by atoms with Crippen LogP contribution in [0, 0.1) is 0 Å². The summed E-state index contributed by atoms with van der Waals surface area (Å²) in [6.07, 6.45) is -0.607. The smallest absolute Gasteiger partial charge is 0.120 e. The number of para-hydroxylation sites is 1. The van der Waals surface area contributed by atoms with Crippen LogP contribution >= 0.6 is 11.6 Å². The molecule has 20 heavy (non-hydrogen) atoms. The van der Waals surface area contributed by atoms with E-state index in [2.05, 4.69) is 0 Å². The minimum absolute atomic E-state index is 0.275. The van der Waals surface area contributed by atoms with Crippen molar-refractivity contribution in [2.24, 2.45) is 0 Å². The molecule has 3 nitrogen and oxygen atoms in total. The first-order chi connectivity index (χ1) is 9.56. The predicted molar refractivity (Wildman–Crippen MR) is 80.9 cm³/mol. The largest absolute Gasteiger partial charge is 0.508 e. The lowest BCUT2D eigenvalue weighted by Crippen LogP contribution is -2.24. The molecule has 0 radical (unpaired) electrons. The number of benzene rings is 2. The van der Waals surface area contributed by atoms with E-state index in [1.165, 1.54) is 0 Å². The molecule has 0 aliphatic carbocycles. The first kappa shape index (κ1) is 14.9. The number of aromatic hydroxyl groups is 1. The van der Waals surface area contributed by atoms with Gasteiger partial charge in [0.25, 0.3) is 0 Å². The van der Waals surface area contributed by atoms with E-state index in [4.69, 9.17) is 11.6 Å². The van der Waals surface area contributed by atoms with Crippen LogP contribution in [-0.2, 0) is 6.54 Å². The Morgan fingerprint density at radius 3 is 2.60 bits per heavy atom. The van der Waals surface area contributed by atoms with Gasteiger partial charge in [0.05, 0.1) is 6.10 Å². The van der Waals surface area contributed by atoms with Crippen molar-refractivity contribution in [3.05, 3.63) is 64.7 Å². The molecule has 2 aromatic carbocycles. The van der Waals surface area contributed by atoms with Crippen molar-refractivity contribution < 1.29 is 10.2 Å². The van der Waals surface area contributed by atoms with Crippen LogP contribution in [-0.4, -0.2) is 28.7 Å². The van der Waals surface area contributed by atoms with Crippen LogP contribution in [0.2, 0.25) is 5.02 Å². The Balaban J connectivity index is 1.98. The van der Waals surface area contributed by atoms with Gasteiger partial charge in [-0.25, -0.2) is 0 Å². The molecule has 2 rings (SSSR count). The van der Waals surface area contributed by atoms with Gasteiger partial charge >= 0.3 is 0 Å². The predicted octanol–water partition coefficient (Wildman–Crippen LogP) is 3.21. The van der Waals surface area contributed by atoms with Crippen molar-refractivity contribution in [3.8, 4) is 5.75 Å². The molecule has 1 atom stereocenters. The lowest BCUT2D eigenvalue weighted by atomic mass is 10.1. The molecule has 2 N–H and O–H groups in total. The number of aliphatic hydroxyl groups is 1. The quantitative estimate of drug-likeness (QED) is 0.889. The molecule has 4 heteroatoms. The number of likely N-dealkylation sites (N-methyl/N-ethyl adjacent to an activating group) is 1. The van der Waals surface area contributed by atoms with Gasteiger partial charge in [-0.2, -0.15) is 0 Å². The fourth-order valence-electron chi connectivity index (χ4n) is 2.11. The molecule has 0 amide bonds. The minimum Gasteiger partial charge on any atom is -0.508 e. The SMILES string of the molecule is CN(Cc1ccccc1O)CC(O)c1cccc(Cl)c1. The summed E-state index contributed by atoms with van der Waals surface area (Å²) >= 11 is 5.92. The topological polar surface area (TPSA) is 43.7 Å². The van der Waals surface area contributed by atoms with Crippen molar-refractivity contribution in [2.45, 2.75) is 12.6 Å². The molecule has 0 fully saturated rings. The second-order valence-electron chi connectivity index (χ2n) is 4.90. The molecule has 0 aromatic heterocycles. The van der Waals surface area contributed by atoms with Gasteiger partial charge in [-0.05, 0) is 30.8 Å². The number of halogens is 1. The maximum Gasteiger partial charge on any atom is 0.120 e. The highest BCUT2D eigenvalue weighted by molar-refractivity contribution is 6.30. The molecule has 0 saturated carbocycles. The van der Waals surface area contributed by atoms with Gasteiger partial charge < -0.3 is 10.2 Å². The maximum atomic E-state index is 10.2. The number of rotatable bonds is 5. The van der Waals surface area contributed by atoms with Crippen LogP contribution in [0.4, 0.5) is 0 Å². The van der Waals surface area contributed by atoms with Crippen LogP contribution in [0.3, 0.4) is 0 Å². The molecule has 106 valence electrons. The van der Waals surface area contributed by atoms with E-state index in [1.807, 2.05) is 36.2 Å². The van der Waals surface area contributed by atoms with Gasteiger partial charge in [0.2, 0.25) is 0 Å². The summed E-state index contributed by atoms with van der Waals surface area (Å²) < 4.78 is 0. The summed E-state index contributed by atoms with van der Waals surface area (Å²) in [5.74, 6) is 0.275. The molecule has 0 heterocycles. The van der Waals surface area contributed by atoms with E-state index in [1.54, 1.807) is 24.3 Å². The van der Waals surface area contributed by atoms with Crippen molar-refractivity contribution in [1.29, 1.82) is 0 Å². The molecular formula is C16H18ClNO2. The molecule has 0 bridgehead atoms. The second kappa shape index (κ2) is 6.75. The second-order valence-corrected chi connectivity index (χ2v) is 5.33. The molecular weight excluding hydrogens is 274 g/mol. The number of phenolic OH excluding ortho intramolecular Hbond substituents is 1. The average Bonchev–Trinajstić information content (AvgIpc) is 2.41. The monoisotopic (exact) mass is 291 g/mol. The fraction of sp³-hybridized carbons (Fsp3) is 0.250. The Kier molecular flexibility index (Phi) is 5.01. The molecule has 1 unspecified atom stereocenters. The third kappa shape index (κ3) is 3.97. The van der Waals surface area contributed by atoms with E-state index >= 15 is 0 Å². The molecule has 0 spiro atoms. The minimum atomic E-state index is -0.607. The highest BCUT2D eigenvalue weighted by Gasteiger charge is 2.12. The molecule has 0 aliphatic heterocycles. The van der Waals surface area contributed by atoms with Gasteiger partial charge in [0, 0.05) is 23.7 Å². The Morgan fingerprint density at radius 2 is 1.90 bits per heavy atom. The zero-order valence-electron chi connectivity index (χ0n) is 11.3. The number of nitrogens with zero attached hydrogens (tertiary/aromatic N) is 1. The van der Waals surface area contributed by atoms with Gasteiger partial charge in [0.15, 0.2) is 0 Å². The third-order valence-electron chi connectivity index (χ3n) is 3.15. The van der Waals surface area contributed by atoms with Crippen LogP contribution in [0.1, 0.15) is 17.2 Å². The average molecular weight is 292 g/mol. The standard InChI is InChI=1S/C16H18ClNO2/c1-18(10-13-5-2-3-8-15(13)19)11-16(20)12-6-4-7-14(17)9-12/h2-9,16,19-20H,10-11H2,1H3. The number of aliphatic hydroxyl groups excluding tert-OH is 1. The number of phenols is 1. The van der Waals surface area contributed by atoms with Crippen LogP contribution < -0.4 is 0 Å². The van der Waals surface area contributed by atoms with Crippen molar-refractivity contribution in [3.63, 3.8) is 0 Å². The molecule has 0 saturated heterocycles. The first-order valence-electron chi connectivity index (χ1n) is 6.45. The van der Waals surface area contributed by atoms with Crippen LogP contribution in [0.5, 0.6) is 5.75 Å².